The summed E-state index contributed by atoms with van der Waals surface area (Å²) >= 11 is 2.75. The zero-order valence-corrected chi connectivity index (χ0v) is 14.4. The fraction of sp³-hybridized carbons (Fsp3) is 1.00. The second kappa shape index (κ2) is 9.90. The van der Waals surface area contributed by atoms with Crippen molar-refractivity contribution in [1.82, 2.24) is 0 Å². The molecule has 0 saturated heterocycles. The third kappa shape index (κ3) is 7.93. The predicted molar refractivity (Wildman–Crippen MR) is 82.6 cm³/mol. The molecule has 0 N–H and O–H groups in total. The highest BCUT2D eigenvalue weighted by atomic mass is 33.1. The van der Waals surface area contributed by atoms with Crippen molar-refractivity contribution < 1.29 is 13.3 Å². The van der Waals surface area contributed by atoms with Crippen molar-refractivity contribution in [2.75, 3.05) is 23.9 Å². The second-order valence-corrected chi connectivity index (χ2v) is 13.2. The molecule has 0 rings (SSSR count). The molecule has 0 aliphatic rings. The average Bonchev–Trinajstić information content (AvgIpc) is 2.33. The molecule has 0 amide bonds. The van der Waals surface area contributed by atoms with Gasteiger partial charge in [-0.15, -0.1) is 0 Å². The quantitative estimate of drug-likeness (QED) is 0.566. The minimum Gasteiger partial charge on any atom is -0.314 e. The van der Waals surface area contributed by atoms with E-state index >= 15 is 0 Å². The largest absolute Gasteiger partial charge is 0.314 e. The molecular formula is C10H23O3PS3. The standard InChI is InChI=1S/C10H23O3PS3/c1-5-8-15-14(11,13-6-2)16-9-10(4)17(12)7-3/h10H,5-9H2,1-4H3/t10?,14?,17-/m0/s1. The lowest BCUT2D eigenvalue weighted by Gasteiger charge is -2.17. The SMILES string of the molecule is CCCSP(=O)(OCC)SCC(C)[S@@](=O)CC. The summed E-state index contributed by atoms with van der Waals surface area (Å²) in [5.74, 6) is -0.509. The molecule has 0 aromatic carbocycles. The van der Waals surface area contributed by atoms with Crippen LogP contribution in [0.4, 0.5) is 0 Å². The summed E-state index contributed by atoms with van der Waals surface area (Å²) in [6.07, 6.45) is 0.985. The predicted octanol–water partition coefficient (Wildman–Crippen LogP) is 4.16. The van der Waals surface area contributed by atoms with E-state index in [0.29, 0.717) is 18.1 Å². The first-order valence-corrected chi connectivity index (χ1v) is 12.1. The highest BCUT2D eigenvalue weighted by molar-refractivity contribution is 8.89. The van der Waals surface area contributed by atoms with E-state index in [1.165, 1.54) is 22.8 Å². The van der Waals surface area contributed by atoms with Gasteiger partial charge in [-0.1, -0.05) is 36.6 Å². The molecule has 0 heterocycles. The minimum atomic E-state index is -2.64. The minimum absolute atomic E-state index is 0.0704. The van der Waals surface area contributed by atoms with Crippen LogP contribution in [0.1, 0.15) is 34.1 Å². The van der Waals surface area contributed by atoms with E-state index in [4.69, 9.17) is 4.52 Å². The summed E-state index contributed by atoms with van der Waals surface area (Å²) in [6, 6.07) is 0. The second-order valence-electron chi connectivity index (χ2n) is 3.47. The van der Waals surface area contributed by atoms with Crippen molar-refractivity contribution in [3.63, 3.8) is 0 Å². The maximum Gasteiger partial charge on any atom is 0.313 e. The van der Waals surface area contributed by atoms with E-state index in [2.05, 4.69) is 6.92 Å². The van der Waals surface area contributed by atoms with E-state index in [0.717, 1.165) is 12.2 Å². The van der Waals surface area contributed by atoms with Crippen molar-refractivity contribution in [3.05, 3.63) is 0 Å². The Bertz CT molecular complexity index is 274. The molecule has 0 aliphatic heterocycles. The van der Waals surface area contributed by atoms with Gasteiger partial charge in [0.25, 0.3) is 0 Å². The molecule has 3 atom stereocenters. The number of hydrogen-bond donors (Lipinski definition) is 0. The van der Waals surface area contributed by atoms with Gasteiger partial charge in [0.1, 0.15) is 0 Å². The van der Waals surface area contributed by atoms with Crippen LogP contribution in [0.5, 0.6) is 0 Å². The van der Waals surface area contributed by atoms with E-state index < -0.39 is 16.6 Å². The summed E-state index contributed by atoms with van der Waals surface area (Å²) in [5.41, 5.74) is 0. The molecule has 7 heteroatoms. The van der Waals surface area contributed by atoms with Crippen LogP contribution in [0.15, 0.2) is 0 Å². The maximum atomic E-state index is 12.4. The molecule has 0 bridgehead atoms. The Kier molecular flexibility index (Phi) is 10.5. The molecule has 0 aromatic rings. The lowest BCUT2D eigenvalue weighted by Crippen LogP contribution is -2.15. The molecule has 0 aromatic heterocycles. The van der Waals surface area contributed by atoms with Gasteiger partial charge in [0.05, 0.1) is 6.61 Å². The van der Waals surface area contributed by atoms with Crippen molar-refractivity contribution in [1.29, 1.82) is 0 Å². The Morgan fingerprint density at radius 3 is 2.41 bits per heavy atom. The first-order chi connectivity index (χ1) is 7.99. The van der Waals surface area contributed by atoms with E-state index in [1.807, 2.05) is 20.8 Å². The average molecular weight is 318 g/mol. The van der Waals surface area contributed by atoms with Crippen molar-refractivity contribution in [2.24, 2.45) is 0 Å². The van der Waals surface area contributed by atoms with Gasteiger partial charge in [0.2, 0.25) is 0 Å². The molecule has 2 unspecified atom stereocenters. The monoisotopic (exact) mass is 318 g/mol. The Morgan fingerprint density at radius 2 is 1.94 bits per heavy atom. The van der Waals surface area contributed by atoms with E-state index in [-0.39, 0.29) is 5.25 Å². The fourth-order valence-corrected chi connectivity index (χ4v) is 9.68. The Hall–Kier alpha value is 1.04. The van der Waals surface area contributed by atoms with Gasteiger partial charge in [-0.05, 0) is 20.3 Å². The topological polar surface area (TPSA) is 43.4 Å². The molecule has 0 fully saturated rings. The molecule has 17 heavy (non-hydrogen) atoms. The lowest BCUT2D eigenvalue weighted by atomic mass is 10.6. The smallest absolute Gasteiger partial charge is 0.313 e. The zero-order chi connectivity index (χ0) is 13.3. The Balaban J connectivity index is 4.25. The lowest BCUT2D eigenvalue weighted by molar-refractivity contribution is 0.357. The van der Waals surface area contributed by atoms with Crippen LogP contribution in [0.3, 0.4) is 0 Å². The summed E-state index contributed by atoms with van der Waals surface area (Å²) in [6.45, 7) is 8.22. The first kappa shape index (κ1) is 18.0. The van der Waals surface area contributed by atoms with Crippen LogP contribution >= 0.6 is 28.5 Å². The molecule has 3 nitrogen and oxygen atoms in total. The van der Waals surface area contributed by atoms with Gasteiger partial charge in [-0.25, -0.2) is 0 Å². The third-order valence-corrected chi connectivity index (χ3v) is 11.7. The normalized spacial score (nSPS) is 18.6. The van der Waals surface area contributed by atoms with Crippen LogP contribution in [0.2, 0.25) is 0 Å². The van der Waals surface area contributed by atoms with Gasteiger partial charge >= 0.3 is 5.77 Å². The summed E-state index contributed by atoms with van der Waals surface area (Å²) in [5, 5.41) is 0.0704. The van der Waals surface area contributed by atoms with Crippen molar-refractivity contribution >= 4 is 39.3 Å². The van der Waals surface area contributed by atoms with Gasteiger partial charge in [0.15, 0.2) is 0 Å². The highest BCUT2D eigenvalue weighted by Crippen LogP contribution is 2.70. The fourth-order valence-electron chi connectivity index (χ4n) is 1.03. The van der Waals surface area contributed by atoms with Crippen LogP contribution in [0, 0.1) is 0 Å². The van der Waals surface area contributed by atoms with Crippen LogP contribution in [-0.4, -0.2) is 33.3 Å². The first-order valence-electron chi connectivity index (χ1n) is 5.89. The molecule has 0 saturated carbocycles. The van der Waals surface area contributed by atoms with Crippen molar-refractivity contribution in [2.45, 2.75) is 39.4 Å². The summed E-state index contributed by atoms with van der Waals surface area (Å²) in [7, 11) is -0.823. The van der Waals surface area contributed by atoms with Crippen LogP contribution in [-0.2, 0) is 19.9 Å². The molecule has 104 valence electrons. The number of rotatable bonds is 10. The molecule has 0 radical (unpaired) electrons. The molecular weight excluding hydrogens is 295 g/mol. The molecule has 0 aliphatic carbocycles. The summed E-state index contributed by atoms with van der Waals surface area (Å²) in [4.78, 5) is 0. The van der Waals surface area contributed by atoms with E-state index in [9.17, 15) is 8.77 Å². The Labute approximate surface area is 116 Å². The summed E-state index contributed by atoms with van der Waals surface area (Å²) < 4.78 is 29.3. The third-order valence-electron chi connectivity index (χ3n) is 1.94. The zero-order valence-electron chi connectivity index (χ0n) is 11.0. The van der Waals surface area contributed by atoms with Gasteiger partial charge in [-0.3, -0.25) is 8.77 Å². The van der Waals surface area contributed by atoms with E-state index in [1.54, 1.807) is 0 Å². The van der Waals surface area contributed by atoms with Gasteiger partial charge < -0.3 is 4.52 Å². The van der Waals surface area contributed by atoms with Crippen LogP contribution in [0.25, 0.3) is 0 Å². The van der Waals surface area contributed by atoms with Gasteiger partial charge in [-0.2, -0.15) is 0 Å². The maximum absolute atomic E-state index is 12.4. The number of hydrogen-bond acceptors (Lipinski definition) is 5. The highest BCUT2D eigenvalue weighted by Gasteiger charge is 2.25. The van der Waals surface area contributed by atoms with Gasteiger partial charge in [0, 0.05) is 33.3 Å². The van der Waals surface area contributed by atoms with Crippen LogP contribution < -0.4 is 0 Å². The molecule has 0 spiro atoms. The Morgan fingerprint density at radius 1 is 1.29 bits per heavy atom. The van der Waals surface area contributed by atoms with Crippen molar-refractivity contribution in [3.8, 4) is 0 Å².